The van der Waals surface area contributed by atoms with E-state index in [1.807, 2.05) is 49.4 Å². The van der Waals surface area contributed by atoms with Crippen LogP contribution in [0, 0.1) is 11.6 Å². The van der Waals surface area contributed by atoms with Crippen LogP contribution in [0.5, 0.6) is 0 Å². The van der Waals surface area contributed by atoms with E-state index < -0.39 is 27.2 Å². The molecule has 0 saturated carbocycles. The summed E-state index contributed by atoms with van der Waals surface area (Å²) in [6, 6.07) is 19.7. The van der Waals surface area contributed by atoms with Crippen molar-refractivity contribution in [3.8, 4) is 11.1 Å². The summed E-state index contributed by atoms with van der Waals surface area (Å²) in [7, 11) is -3.35. The lowest BCUT2D eigenvalue weighted by Crippen LogP contribution is -2.59. The first-order valence-electron chi connectivity index (χ1n) is 11.7. The number of carbonyl (C=O) groups excluding carboxylic acids is 1. The standard InChI is InChI=1S/C27H29F2N3O3S/c1-19(20-8-10-21(11-9-20)24-13-12-23(28)18-25(24)29)32-17-15-27(31-26(32)33,14-16-30-36(2,34)35)22-6-4-3-5-7-22/h3-13,18-19,30H,14-17H2,1-2H3,(H,31,33). The third-order valence-corrected chi connectivity index (χ3v) is 7.46. The number of urea groups is 1. The Balaban J connectivity index is 1.51. The molecule has 6 nitrogen and oxygen atoms in total. The minimum atomic E-state index is -3.35. The molecule has 0 spiro atoms. The van der Waals surface area contributed by atoms with Crippen LogP contribution in [-0.4, -0.2) is 38.7 Å². The molecule has 1 aliphatic rings. The molecule has 3 aromatic rings. The van der Waals surface area contributed by atoms with Gasteiger partial charge in [0.1, 0.15) is 11.6 Å². The van der Waals surface area contributed by atoms with Crippen LogP contribution < -0.4 is 10.0 Å². The molecule has 9 heteroatoms. The molecule has 0 aliphatic carbocycles. The van der Waals surface area contributed by atoms with Crippen LogP contribution in [0.25, 0.3) is 11.1 Å². The highest BCUT2D eigenvalue weighted by atomic mass is 32.2. The lowest BCUT2D eigenvalue weighted by atomic mass is 9.81. The number of rotatable bonds is 8. The van der Waals surface area contributed by atoms with Crippen LogP contribution >= 0.6 is 0 Å². The van der Waals surface area contributed by atoms with E-state index in [-0.39, 0.29) is 18.6 Å². The van der Waals surface area contributed by atoms with E-state index in [1.165, 1.54) is 12.1 Å². The molecule has 4 rings (SSSR count). The van der Waals surface area contributed by atoms with Crippen LogP contribution in [0.2, 0.25) is 0 Å². The fourth-order valence-electron chi connectivity index (χ4n) is 4.72. The van der Waals surface area contributed by atoms with Crippen LogP contribution in [0.3, 0.4) is 0 Å². The number of hydrogen-bond acceptors (Lipinski definition) is 3. The summed E-state index contributed by atoms with van der Waals surface area (Å²) in [5.41, 5.74) is 2.03. The SMILES string of the molecule is CC(c1ccc(-c2ccc(F)cc2F)cc1)N1CCC(CCNS(C)(=O)=O)(c2ccccc2)NC1=O. The molecular weight excluding hydrogens is 484 g/mol. The Morgan fingerprint density at radius 1 is 1.06 bits per heavy atom. The lowest BCUT2D eigenvalue weighted by molar-refractivity contribution is 0.122. The molecule has 0 radical (unpaired) electrons. The number of nitrogens with one attached hydrogen (secondary N) is 2. The highest BCUT2D eigenvalue weighted by Gasteiger charge is 2.40. The molecule has 2 unspecified atom stereocenters. The van der Waals surface area contributed by atoms with Crippen molar-refractivity contribution in [3.63, 3.8) is 0 Å². The Bertz CT molecular complexity index is 1330. The lowest BCUT2D eigenvalue weighted by Gasteiger charge is -2.45. The quantitative estimate of drug-likeness (QED) is 0.448. The van der Waals surface area contributed by atoms with Crippen LogP contribution in [0.1, 0.15) is 36.9 Å². The van der Waals surface area contributed by atoms with Crippen LogP contribution in [0.15, 0.2) is 72.8 Å². The van der Waals surface area contributed by atoms with E-state index in [9.17, 15) is 22.0 Å². The Morgan fingerprint density at radius 3 is 2.36 bits per heavy atom. The maximum atomic E-state index is 14.2. The summed E-state index contributed by atoms with van der Waals surface area (Å²) < 4.78 is 53.1. The van der Waals surface area contributed by atoms with E-state index in [4.69, 9.17) is 0 Å². The summed E-state index contributed by atoms with van der Waals surface area (Å²) in [6.07, 6.45) is 2.12. The number of carbonyl (C=O) groups is 1. The summed E-state index contributed by atoms with van der Waals surface area (Å²) in [4.78, 5) is 15.0. The molecule has 36 heavy (non-hydrogen) atoms. The zero-order chi connectivity index (χ0) is 25.9. The van der Waals surface area contributed by atoms with Gasteiger partial charge in [0.2, 0.25) is 10.0 Å². The third-order valence-electron chi connectivity index (χ3n) is 6.73. The topological polar surface area (TPSA) is 78.5 Å². The maximum absolute atomic E-state index is 14.2. The predicted molar refractivity (Wildman–Crippen MR) is 136 cm³/mol. The molecule has 2 N–H and O–H groups in total. The monoisotopic (exact) mass is 513 g/mol. The third kappa shape index (κ3) is 5.74. The van der Waals surface area contributed by atoms with Crippen molar-refractivity contribution in [3.05, 3.63) is 95.6 Å². The van der Waals surface area contributed by atoms with Crippen LogP contribution in [0.4, 0.5) is 13.6 Å². The molecule has 190 valence electrons. The maximum Gasteiger partial charge on any atom is 0.318 e. The minimum Gasteiger partial charge on any atom is -0.328 e. The van der Waals surface area contributed by atoms with Gasteiger partial charge in [-0.15, -0.1) is 0 Å². The Hall–Kier alpha value is -3.30. The smallest absolute Gasteiger partial charge is 0.318 e. The summed E-state index contributed by atoms with van der Waals surface area (Å²) in [6.45, 7) is 2.59. The first-order valence-corrected chi connectivity index (χ1v) is 13.6. The number of amides is 2. The number of nitrogens with zero attached hydrogens (tertiary/aromatic N) is 1. The predicted octanol–water partition coefficient (Wildman–Crippen LogP) is 4.94. The van der Waals surface area contributed by atoms with Crippen molar-refractivity contribution < 1.29 is 22.0 Å². The van der Waals surface area contributed by atoms with Crippen molar-refractivity contribution in [2.24, 2.45) is 0 Å². The molecular formula is C27H29F2N3O3S. The van der Waals surface area contributed by atoms with Gasteiger partial charge in [-0.25, -0.2) is 26.7 Å². The average molecular weight is 514 g/mol. The molecule has 2 atom stereocenters. The molecule has 0 bridgehead atoms. The first-order chi connectivity index (χ1) is 17.1. The second kappa shape index (κ2) is 10.4. The molecule has 3 aromatic carbocycles. The number of halogens is 2. The normalized spacial score (nSPS) is 19.1. The molecule has 1 saturated heterocycles. The highest BCUT2D eigenvalue weighted by molar-refractivity contribution is 7.88. The second-order valence-electron chi connectivity index (χ2n) is 9.16. The molecule has 1 heterocycles. The minimum absolute atomic E-state index is 0.199. The Labute approximate surface area is 210 Å². The second-order valence-corrected chi connectivity index (χ2v) is 11.0. The van der Waals surface area contributed by atoms with Crippen LogP contribution in [-0.2, 0) is 15.6 Å². The van der Waals surface area contributed by atoms with Crippen molar-refractivity contribution in [2.75, 3.05) is 19.3 Å². The zero-order valence-corrected chi connectivity index (χ0v) is 21.0. The van der Waals surface area contributed by atoms with E-state index in [2.05, 4.69) is 10.0 Å². The van der Waals surface area contributed by atoms with Gasteiger partial charge in [-0.1, -0.05) is 54.6 Å². The van der Waals surface area contributed by atoms with Gasteiger partial charge < -0.3 is 10.2 Å². The average Bonchev–Trinajstić information content (AvgIpc) is 2.84. The largest absolute Gasteiger partial charge is 0.328 e. The van der Waals surface area contributed by atoms with E-state index in [1.54, 1.807) is 17.0 Å². The molecule has 1 fully saturated rings. The highest BCUT2D eigenvalue weighted by Crippen LogP contribution is 2.35. The fraction of sp³-hybridized carbons (Fsp3) is 0.296. The van der Waals surface area contributed by atoms with Crippen molar-refractivity contribution in [2.45, 2.75) is 31.3 Å². The van der Waals surface area contributed by atoms with Crippen molar-refractivity contribution >= 4 is 16.1 Å². The van der Waals surface area contributed by atoms with Gasteiger partial charge >= 0.3 is 6.03 Å². The van der Waals surface area contributed by atoms with Gasteiger partial charge in [0.25, 0.3) is 0 Å². The number of sulfonamides is 1. The first kappa shape index (κ1) is 25.8. The van der Waals surface area contributed by atoms with Gasteiger partial charge in [-0.2, -0.15) is 0 Å². The van der Waals surface area contributed by atoms with Crippen molar-refractivity contribution in [1.82, 2.24) is 14.9 Å². The number of hydrogen-bond donors (Lipinski definition) is 2. The van der Waals surface area contributed by atoms with E-state index >= 15 is 0 Å². The molecule has 2 amide bonds. The van der Waals surface area contributed by atoms with Gasteiger partial charge in [-0.3, -0.25) is 0 Å². The Morgan fingerprint density at radius 2 is 1.75 bits per heavy atom. The molecule has 1 aliphatic heterocycles. The number of benzene rings is 3. The fourth-order valence-corrected chi connectivity index (χ4v) is 5.19. The van der Waals surface area contributed by atoms with Crippen molar-refractivity contribution in [1.29, 1.82) is 0 Å². The van der Waals surface area contributed by atoms with E-state index in [0.717, 1.165) is 23.4 Å². The van der Waals surface area contributed by atoms with Gasteiger partial charge in [0.05, 0.1) is 17.8 Å². The Kier molecular flexibility index (Phi) is 7.42. The summed E-state index contributed by atoms with van der Waals surface area (Å²) in [5, 5.41) is 3.15. The van der Waals surface area contributed by atoms with Gasteiger partial charge in [0, 0.05) is 24.7 Å². The summed E-state index contributed by atoms with van der Waals surface area (Å²) >= 11 is 0. The molecule has 0 aromatic heterocycles. The van der Waals surface area contributed by atoms with Gasteiger partial charge in [-0.05, 0) is 48.6 Å². The van der Waals surface area contributed by atoms with E-state index in [0.29, 0.717) is 30.5 Å². The van der Waals surface area contributed by atoms with Gasteiger partial charge in [0.15, 0.2) is 0 Å². The zero-order valence-electron chi connectivity index (χ0n) is 20.2. The summed E-state index contributed by atoms with van der Waals surface area (Å²) in [5.74, 6) is -1.26.